The van der Waals surface area contributed by atoms with Gasteiger partial charge in [0.1, 0.15) is 11.6 Å². The molecule has 0 saturated heterocycles. The SMILES string of the molecule is C=CC1CCC(c2ccc(-c3ccc(/C=C/c4ccc(OCC)cc4F)cc3)c(F)c2F)CC1. The summed E-state index contributed by atoms with van der Waals surface area (Å²) in [6, 6.07) is 15.3. The Morgan fingerprint density at radius 2 is 1.62 bits per heavy atom. The van der Waals surface area contributed by atoms with Crippen molar-refractivity contribution in [2.75, 3.05) is 6.61 Å². The largest absolute Gasteiger partial charge is 0.494 e. The minimum absolute atomic E-state index is 0.0512. The second-order valence-corrected chi connectivity index (χ2v) is 8.75. The molecule has 0 aromatic heterocycles. The molecular weight excluding hydrogens is 433 g/mol. The van der Waals surface area contributed by atoms with Gasteiger partial charge in [-0.05, 0) is 73.3 Å². The summed E-state index contributed by atoms with van der Waals surface area (Å²) in [6.45, 7) is 6.17. The monoisotopic (exact) mass is 462 g/mol. The molecular formula is C30H29F3O. The Kier molecular flexibility index (Phi) is 7.56. The molecule has 0 atom stereocenters. The van der Waals surface area contributed by atoms with E-state index in [1.165, 1.54) is 6.07 Å². The van der Waals surface area contributed by atoms with Gasteiger partial charge in [-0.3, -0.25) is 0 Å². The molecule has 4 heteroatoms. The summed E-state index contributed by atoms with van der Waals surface area (Å²) in [5, 5.41) is 0. The van der Waals surface area contributed by atoms with E-state index in [-0.39, 0.29) is 17.3 Å². The molecule has 0 amide bonds. The van der Waals surface area contributed by atoms with Crippen molar-refractivity contribution in [3.8, 4) is 16.9 Å². The Labute approximate surface area is 199 Å². The third kappa shape index (κ3) is 5.27. The van der Waals surface area contributed by atoms with E-state index in [9.17, 15) is 13.2 Å². The maximum atomic E-state index is 15.0. The van der Waals surface area contributed by atoms with Crippen LogP contribution in [0.3, 0.4) is 0 Å². The van der Waals surface area contributed by atoms with E-state index in [0.717, 1.165) is 31.2 Å². The summed E-state index contributed by atoms with van der Waals surface area (Å²) < 4.78 is 49.5. The first-order valence-electron chi connectivity index (χ1n) is 11.8. The zero-order valence-corrected chi connectivity index (χ0v) is 19.4. The van der Waals surface area contributed by atoms with Gasteiger partial charge >= 0.3 is 0 Å². The second kappa shape index (κ2) is 10.8. The van der Waals surface area contributed by atoms with Gasteiger partial charge < -0.3 is 4.74 Å². The van der Waals surface area contributed by atoms with Crippen LogP contribution in [0.2, 0.25) is 0 Å². The molecule has 3 aromatic rings. The van der Waals surface area contributed by atoms with Crippen LogP contribution in [0.1, 0.15) is 55.2 Å². The number of benzene rings is 3. The Morgan fingerprint density at radius 3 is 2.26 bits per heavy atom. The maximum Gasteiger partial charge on any atom is 0.166 e. The van der Waals surface area contributed by atoms with E-state index >= 15 is 0 Å². The van der Waals surface area contributed by atoms with Crippen molar-refractivity contribution in [2.45, 2.75) is 38.5 Å². The molecule has 1 fully saturated rings. The lowest BCUT2D eigenvalue weighted by Crippen LogP contribution is -2.13. The van der Waals surface area contributed by atoms with E-state index < -0.39 is 11.6 Å². The molecule has 0 spiro atoms. The number of halogens is 3. The van der Waals surface area contributed by atoms with Crippen molar-refractivity contribution in [3.63, 3.8) is 0 Å². The van der Waals surface area contributed by atoms with Crippen molar-refractivity contribution in [1.82, 2.24) is 0 Å². The second-order valence-electron chi connectivity index (χ2n) is 8.75. The summed E-state index contributed by atoms with van der Waals surface area (Å²) in [4.78, 5) is 0. The van der Waals surface area contributed by atoms with Gasteiger partial charge in [0.2, 0.25) is 0 Å². The Hall–Kier alpha value is -3.27. The smallest absolute Gasteiger partial charge is 0.166 e. The zero-order chi connectivity index (χ0) is 24.1. The summed E-state index contributed by atoms with van der Waals surface area (Å²) >= 11 is 0. The molecule has 0 radical (unpaired) electrons. The maximum absolute atomic E-state index is 15.0. The van der Waals surface area contributed by atoms with Gasteiger partial charge in [0.25, 0.3) is 0 Å². The summed E-state index contributed by atoms with van der Waals surface area (Å²) in [5.74, 6) is -0.893. The molecule has 1 nitrogen and oxygen atoms in total. The molecule has 176 valence electrons. The number of rotatable bonds is 7. The fraction of sp³-hybridized carbons (Fsp3) is 0.267. The Morgan fingerprint density at radius 1 is 0.882 bits per heavy atom. The summed E-state index contributed by atoms with van der Waals surface area (Å²) in [6.07, 6.45) is 9.05. The normalized spacial score (nSPS) is 18.2. The van der Waals surface area contributed by atoms with Crippen LogP contribution in [0.25, 0.3) is 23.3 Å². The molecule has 0 heterocycles. The summed E-state index contributed by atoms with van der Waals surface area (Å²) in [7, 11) is 0. The van der Waals surface area contributed by atoms with Crippen LogP contribution >= 0.6 is 0 Å². The Bertz CT molecular complexity index is 1170. The molecule has 0 unspecified atom stereocenters. The molecule has 34 heavy (non-hydrogen) atoms. The third-order valence-corrected chi connectivity index (χ3v) is 6.62. The standard InChI is InChI=1S/C30H29F3O/c1-3-20-5-10-22(11-6-20)26-17-18-27(30(33)29(26)32)23-12-7-21(8-13-23)9-14-24-15-16-25(34-4-2)19-28(24)31/h3,7-9,12-20,22H,1,4-6,10-11H2,2H3/b14-9+. The van der Waals surface area contributed by atoms with Crippen LogP contribution in [0.4, 0.5) is 13.2 Å². The van der Waals surface area contributed by atoms with E-state index in [1.807, 2.05) is 13.0 Å². The van der Waals surface area contributed by atoms with Crippen molar-refractivity contribution >= 4 is 12.2 Å². The van der Waals surface area contributed by atoms with Crippen molar-refractivity contribution in [2.24, 2.45) is 5.92 Å². The highest BCUT2D eigenvalue weighted by Gasteiger charge is 2.25. The van der Waals surface area contributed by atoms with Gasteiger partial charge in [0.05, 0.1) is 6.61 Å². The van der Waals surface area contributed by atoms with Gasteiger partial charge in [0.15, 0.2) is 11.6 Å². The highest BCUT2D eigenvalue weighted by atomic mass is 19.2. The molecule has 0 N–H and O–H groups in total. The average molecular weight is 463 g/mol. The predicted octanol–water partition coefficient (Wildman–Crippen LogP) is 8.80. The van der Waals surface area contributed by atoms with Crippen LogP contribution in [-0.4, -0.2) is 6.61 Å². The first kappa shape index (κ1) is 23.9. The predicted molar refractivity (Wildman–Crippen MR) is 133 cm³/mol. The quantitative estimate of drug-likeness (QED) is 0.252. The minimum Gasteiger partial charge on any atom is -0.494 e. The lowest BCUT2D eigenvalue weighted by molar-refractivity contribution is 0.338. The van der Waals surface area contributed by atoms with E-state index in [2.05, 4.69) is 6.58 Å². The topological polar surface area (TPSA) is 9.23 Å². The Balaban J connectivity index is 1.49. The van der Waals surface area contributed by atoms with Gasteiger partial charge in [0, 0.05) is 17.2 Å². The van der Waals surface area contributed by atoms with Crippen LogP contribution in [0.15, 0.2) is 67.3 Å². The van der Waals surface area contributed by atoms with Crippen LogP contribution < -0.4 is 4.74 Å². The molecule has 0 aliphatic heterocycles. The van der Waals surface area contributed by atoms with Crippen LogP contribution in [0, 0.1) is 23.4 Å². The van der Waals surface area contributed by atoms with Crippen LogP contribution in [0.5, 0.6) is 5.75 Å². The van der Waals surface area contributed by atoms with E-state index in [4.69, 9.17) is 4.74 Å². The highest BCUT2D eigenvalue weighted by molar-refractivity contribution is 5.73. The number of ether oxygens (including phenoxy) is 1. The fourth-order valence-corrected chi connectivity index (χ4v) is 4.63. The third-order valence-electron chi connectivity index (χ3n) is 6.62. The van der Waals surface area contributed by atoms with Gasteiger partial charge in [-0.25, -0.2) is 13.2 Å². The zero-order valence-electron chi connectivity index (χ0n) is 19.4. The van der Waals surface area contributed by atoms with Crippen molar-refractivity contribution in [3.05, 3.63) is 101 Å². The first-order chi connectivity index (χ1) is 16.5. The average Bonchev–Trinajstić information content (AvgIpc) is 2.86. The highest BCUT2D eigenvalue weighted by Crippen LogP contribution is 2.39. The minimum atomic E-state index is -0.803. The van der Waals surface area contributed by atoms with E-state index in [0.29, 0.717) is 35.0 Å². The van der Waals surface area contributed by atoms with Gasteiger partial charge in [-0.1, -0.05) is 54.6 Å². The molecule has 4 rings (SSSR count). The molecule has 3 aromatic carbocycles. The molecule has 1 saturated carbocycles. The molecule has 0 bridgehead atoms. The van der Waals surface area contributed by atoms with Crippen LogP contribution in [-0.2, 0) is 0 Å². The number of allylic oxidation sites excluding steroid dienone is 1. The van der Waals surface area contributed by atoms with Crippen molar-refractivity contribution < 1.29 is 17.9 Å². The fourth-order valence-electron chi connectivity index (χ4n) is 4.63. The summed E-state index contributed by atoms with van der Waals surface area (Å²) in [5.41, 5.74) is 2.59. The van der Waals surface area contributed by atoms with Gasteiger partial charge in [-0.15, -0.1) is 6.58 Å². The molecule has 1 aliphatic rings. The number of hydrogen-bond acceptors (Lipinski definition) is 1. The lowest BCUT2D eigenvalue weighted by atomic mass is 9.78. The van der Waals surface area contributed by atoms with Crippen molar-refractivity contribution in [1.29, 1.82) is 0 Å². The number of hydrogen-bond donors (Lipinski definition) is 0. The van der Waals surface area contributed by atoms with E-state index in [1.54, 1.807) is 60.7 Å². The lowest BCUT2D eigenvalue weighted by Gasteiger charge is -2.27. The first-order valence-corrected chi connectivity index (χ1v) is 11.8. The molecule has 1 aliphatic carbocycles. The van der Waals surface area contributed by atoms with Gasteiger partial charge in [-0.2, -0.15) is 0 Å².